The van der Waals surface area contributed by atoms with Crippen LogP contribution in [0.1, 0.15) is 0 Å². The SMILES string of the molecule is c1cc(-c2nc3ccccc3o2)cc(N2c3cc4oc5c6ccccc6ccc5c4cc3Sc3c(-c4nc5ccccc5o4)cccc32)c1. The second-order valence-corrected chi connectivity index (χ2v) is 13.2. The highest BCUT2D eigenvalue weighted by atomic mass is 32.2. The van der Waals surface area contributed by atoms with Crippen molar-refractivity contribution in [1.82, 2.24) is 9.97 Å². The molecule has 0 N–H and O–H groups in total. The van der Waals surface area contributed by atoms with Crippen LogP contribution >= 0.6 is 11.8 Å². The fourth-order valence-electron chi connectivity index (χ4n) is 7.03. The summed E-state index contributed by atoms with van der Waals surface area (Å²) < 4.78 is 19.2. The summed E-state index contributed by atoms with van der Waals surface area (Å²) in [7, 11) is 0. The lowest BCUT2D eigenvalue weighted by molar-refractivity contribution is 0.618. The average molecular weight is 650 g/mol. The zero-order valence-electron chi connectivity index (χ0n) is 25.8. The Hall–Kier alpha value is -6.31. The number of aromatic nitrogens is 2. The third-order valence-electron chi connectivity index (χ3n) is 9.30. The zero-order chi connectivity index (χ0) is 32.1. The minimum absolute atomic E-state index is 0.578. The molecular formula is C42H23N3O3S. The summed E-state index contributed by atoms with van der Waals surface area (Å²) in [5, 5.41) is 4.43. The Bertz CT molecular complexity index is 2890. The minimum Gasteiger partial charge on any atom is -0.455 e. The number of anilines is 3. The van der Waals surface area contributed by atoms with E-state index in [1.54, 1.807) is 11.8 Å². The molecule has 0 saturated carbocycles. The quantitative estimate of drug-likeness (QED) is 0.189. The fraction of sp³-hybridized carbons (Fsp3) is 0. The summed E-state index contributed by atoms with van der Waals surface area (Å²) in [4.78, 5) is 14.2. The van der Waals surface area contributed by atoms with Gasteiger partial charge in [0.25, 0.3) is 0 Å². The van der Waals surface area contributed by atoms with Gasteiger partial charge in [-0.25, -0.2) is 9.97 Å². The highest BCUT2D eigenvalue weighted by Crippen LogP contribution is 2.56. The molecule has 230 valence electrons. The predicted octanol–water partition coefficient (Wildman–Crippen LogP) is 12.3. The first-order chi connectivity index (χ1) is 24.2. The van der Waals surface area contributed by atoms with Gasteiger partial charge in [-0.2, -0.15) is 0 Å². The Kier molecular flexibility index (Phi) is 5.51. The first-order valence-electron chi connectivity index (χ1n) is 16.1. The summed E-state index contributed by atoms with van der Waals surface area (Å²) in [6.07, 6.45) is 0. The topological polar surface area (TPSA) is 68.4 Å². The van der Waals surface area contributed by atoms with E-state index in [2.05, 4.69) is 89.8 Å². The molecule has 1 aliphatic heterocycles. The summed E-state index contributed by atoms with van der Waals surface area (Å²) >= 11 is 1.73. The van der Waals surface area contributed by atoms with Crippen molar-refractivity contribution in [3.05, 3.63) is 140 Å². The summed E-state index contributed by atoms with van der Waals surface area (Å²) in [5.41, 5.74) is 9.76. The zero-order valence-corrected chi connectivity index (χ0v) is 26.6. The molecule has 0 unspecified atom stereocenters. The van der Waals surface area contributed by atoms with E-state index < -0.39 is 0 Å². The molecule has 1 aliphatic rings. The standard InChI is InChI=1S/C42H23N3O3S/c1-2-12-27-24(9-1)19-20-28-30-22-38-34(23-37(30)46-39(27)28)45(26-11-7-10-25(21-26)41-43-31-14-3-5-17-35(31)47-41)33-16-8-13-29(40(33)49-38)42-44-32-15-4-6-18-36(32)48-42/h1-23H. The van der Waals surface area contributed by atoms with Crippen molar-refractivity contribution in [1.29, 1.82) is 0 Å². The first kappa shape index (κ1) is 26.7. The van der Waals surface area contributed by atoms with Gasteiger partial charge in [0.1, 0.15) is 22.2 Å². The van der Waals surface area contributed by atoms with Gasteiger partial charge in [-0.15, -0.1) is 0 Å². The number of hydrogen-bond donors (Lipinski definition) is 0. The number of fused-ring (bicyclic) bond motifs is 9. The van der Waals surface area contributed by atoms with Gasteiger partial charge >= 0.3 is 0 Å². The molecule has 0 saturated heterocycles. The van der Waals surface area contributed by atoms with Crippen LogP contribution in [0, 0.1) is 0 Å². The number of rotatable bonds is 3. The predicted molar refractivity (Wildman–Crippen MR) is 196 cm³/mol. The second-order valence-electron chi connectivity index (χ2n) is 12.2. The van der Waals surface area contributed by atoms with Crippen LogP contribution in [-0.2, 0) is 0 Å². The van der Waals surface area contributed by atoms with Gasteiger partial charge < -0.3 is 18.2 Å². The molecule has 6 nitrogen and oxygen atoms in total. The number of oxazole rings is 2. The van der Waals surface area contributed by atoms with Crippen LogP contribution in [0.15, 0.2) is 163 Å². The van der Waals surface area contributed by atoms with Crippen LogP contribution in [0.4, 0.5) is 17.1 Å². The molecule has 7 heteroatoms. The molecule has 0 spiro atoms. The van der Waals surface area contributed by atoms with Crippen molar-refractivity contribution in [3.63, 3.8) is 0 Å². The van der Waals surface area contributed by atoms with E-state index in [1.165, 1.54) is 0 Å². The molecule has 0 amide bonds. The van der Waals surface area contributed by atoms with Gasteiger partial charge in [0, 0.05) is 43.3 Å². The second kappa shape index (κ2) is 10.1. The van der Waals surface area contributed by atoms with Crippen molar-refractivity contribution >= 4 is 83.7 Å². The van der Waals surface area contributed by atoms with Crippen molar-refractivity contribution in [3.8, 4) is 22.9 Å². The Morgan fingerprint density at radius 3 is 2.12 bits per heavy atom. The maximum atomic E-state index is 6.67. The summed E-state index contributed by atoms with van der Waals surface area (Å²) in [6.45, 7) is 0. The Balaban J connectivity index is 1.15. The van der Waals surface area contributed by atoms with Gasteiger partial charge in [0.15, 0.2) is 11.2 Å². The third-order valence-corrected chi connectivity index (χ3v) is 10.5. The lowest BCUT2D eigenvalue weighted by Gasteiger charge is -2.33. The van der Waals surface area contributed by atoms with Gasteiger partial charge in [-0.05, 0) is 72.1 Å². The molecule has 11 rings (SSSR count). The van der Waals surface area contributed by atoms with Crippen LogP contribution in [-0.4, -0.2) is 9.97 Å². The lowest BCUT2D eigenvalue weighted by atomic mass is 10.1. The number of nitrogens with zero attached hydrogens (tertiary/aromatic N) is 3. The molecular weight excluding hydrogens is 627 g/mol. The van der Waals surface area contributed by atoms with Gasteiger partial charge in [-0.1, -0.05) is 78.5 Å². The van der Waals surface area contributed by atoms with Crippen molar-refractivity contribution in [2.24, 2.45) is 0 Å². The maximum absolute atomic E-state index is 6.67. The maximum Gasteiger partial charge on any atom is 0.228 e. The van der Waals surface area contributed by atoms with E-state index in [9.17, 15) is 0 Å². The van der Waals surface area contributed by atoms with Gasteiger partial charge in [0.2, 0.25) is 11.8 Å². The number of furan rings is 1. The number of benzene rings is 7. The molecule has 3 aromatic heterocycles. The van der Waals surface area contributed by atoms with Gasteiger partial charge in [-0.3, -0.25) is 0 Å². The van der Waals surface area contributed by atoms with Crippen LogP contribution in [0.3, 0.4) is 0 Å². The smallest absolute Gasteiger partial charge is 0.228 e. The highest BCUT2D eigenvalue weighted by Gasteiger charge is 2.30. The largest absolute Gasteiger partial charge is 0.455 e. The van der Waals surface area contributed by atoms with E-state index >= 15 is 0 Å². The molecule has 4 heterocycles. The van der Waals surface area contributed by atoms with Crippen LogP contribution in [0.2, 0.25) is 0 Å². The van der Waals surface area contributed by atoms with Crippen molar-refractivity contribution in [2.45, 2.75) is 9.79 Å². The summed E-state index contributed by atoms with van der Waals surface area (Å²) in [6, 6.07) is 47.5. The van der Waals surface area contributed by atoms with Crippen molar-refractivity contribution in [2.75, 3.05) is 4.90 Å². The molecule has 0 atom stereocenters. The first-order valence-corrected chi connectivity index (χ1v) is 16.9. The molecule has 49 heavy (non-hydrogen) atoms. The van der Waals surface area contributed by atoms with E-state index in [0.717, 1.165) is 92.9 Å². The van der Waals surface area contributed by atoms with E-state index in [1.807, 2.05) is 54.6 Å². The van der Waals surface area contributed by atoms with E-state index in [0.29, 0.717) is 11.8 Å². The molecule has 10 aromatic rings. The Morgan fingerprint density at radius 1 is 0.510 bits per heavy atom. The number of para-hydroxylation sites is 4. The van der Waals surface area contributed by atoms with Gasteiger partial charge in [0.05, 0.1) is 16.9 Å². The van der Waals surface area contributed by atoms with Crippen LogP contribution in [0.5, 0.6) is 0 Å². The normalized spacial score (nSPS) is 12.8. The molecule has 0 bridgehead atoms. The van der Waals surface area contributed by atoms with E-state index in [4.69, 9.17) is 23.2 Å². The fourth-order valence-corrected chi connectivity index (χ4v) is 8.21. The van der Waals surface area contributed by atoms with E-state index in [-0.39, 0.29) is 0 Å². The Labute approximate surface area is 283 Å². The summed E-state index contributed by atoms with van der Waals surface area (Å²) in [5.74, 6) is 1.17. The van der Waals surface area contributed by atoms with Crippen LogP contribution < -0.4 is 4.90 Å². The van der Waals surface area contributed by atoms with Crippen molar-refractivity contribution < 1.29 is 13.3 Å². The third kappa shape index (κ3) is 4.03. The molecule has 7 aromatic carbocycles. The average Bonchev–Trinajstić information content (AvgIpc) is 3.88. The monoisotopic (exact) mass is 649 g/mol. The molecule has 0 fully saturated rings. The van der Waals surface area contributed by atoms with Crippen LogP contribution in [0.25, 0.3) is 77.8 Å². The molecule has 0 radical (unpaired) electrons. The Morgan fingerprint density at radius 2 is 1.27 bits per heavy atom. The minimum atomic E-state index is 0.578. The highest BCUT2D eigenvalue weighted by molar-refractivity contribution is 8.00. The number of hydrogen-bond acceptors (Lipinski definition) is 7. The molecule has 0 aliphatic carbocycles. The lowest BCUT2D eigenvalue weighted by Crippen LogP contribution is -2.15.